The highest BCUT2D eigenvalue weighted by Crippen LogP contribution is 2.39. The lowest BCUT2D eigenvalue weighted by molar-refractivity contribution is 0.475. The lowest BCUT2D eigenvalue weighted by Crippen LogP contribution is -2.12. The molecule has 7 heteroatoms. The number of nitrogens with zero attached hydrogens (tertiary/aromatic N) is 1. The van der Waals surface area contributed by atoms with Crippen molar-refractivity contribution in [3.63, 3.8) is 0 Å². The molecule has 0 saturated heterocycles. The number of rotatable bonds is 5. The van der Waals surface area contributed by atoms with Gasteiger partial charge in [0.05, 0.1) is 16.5 Å². The van der Waals surface area contributed by atoms with Crippen molar-refractivity contribution in [1.29, 1.82) is 5.26 Å². The fourth-order valence-electron chi connectivity index (χ4n) is 4.15. The monoisotopic (exact) mass is 492 g/mol. The number of hydrogen-bond acceptors (Lipinski definition) is 5. The summed E-state index contributed by atoms with van der Waals surface area (Å²) in [5.74, 6) is 0.249. The molecule has 0 spiro atoms. The lowest BCUT2D eigenvalue weighted by Gasteiger charge is -2.13. The van der Waals surface area contributed by atoms with Crippen molar-refractivity contribution >= 4 is 26.5 Å². The van der Waals surface area contributed by atoms with E-state index < -0.39 is 10.0 Å². The molecule has 0 bridgehead atoms. The van der Waals surface area contributed by atoms with Crippen LogP contribution in [0, 0.1) is 11.3 Å². The third kappa shape index (κ3) is 4.45. The Bertz CT molecular complexity index is 1760. The van der Waals surface area contributed by atoms with Crippen LogP contribution < -0.4 is 4.72 Å². The van der Waals surface area contributed by atoms with Crippen molar-refractivity contribution in [2.75, 3.05) is 4.72 Å². The van der Waals surface area contributed by atoms with Crippen LogP contribution in [-0.4, -0.2) is 18.6 Å². The first-order valence-electron chi connectivity index (χ1n) is 11.0. The van der Waals surface area contributed by atoms with Gasteiger partial charge in [0, 0.05) is 11.3 Å². The van der Waals surface area contributed by atoms with Gasteiger partial charge in [0.2, 0.25) is 0 Å². The summed E-state index contributed by atoms with van der Waals surface area (Å²) in [5, 5.41) is 31.2. The van der Waals surface area contributed by atoms with Crippen molar-refractivity contribution in [3.8, 4) is 39.8 Å². The van der Waals surface area contributed by atoms with Crippen molar-refractivity contribution in [1.82, 2.24) is 0 Å². The molecule has 176 valence electrons. The lowest BCUT2D eigenvalue weighted by atomic mass is 9.94. The smallest absolute Gasteiger partial charge is 0.261 e. The maximum Gasteiger partial charge on any atom is 0.261 e. The van der Waals surface area contributed by atoms with E-state index in [1.165, 1.54) is 24.3 Å². The molecule has 3 N–H and O–H groups in total. The van der Waals surface area contributed by atoms with Crippen LogP contribution in [0.1, 0.15) is 5.56 Å². The Balaban J connectivity index is 1.53. The summed E-state index contributed by atoms with van der Waals surface area (Å²) in [4.78, 5) is 0.0411. The molecule has 0 amide bonds. The van der Waals surface area contributed by atoms with E-state index in [2.05, 4.69) is 4.72 Å². The molecular weight excluding hydrogens is 472 g/mol. The number of sulfonamides is 1. The predicted octanol–water partition coefficient (Wildman–Crippen LogP) is 6.26. The van der Waals surface area contributed by atoms with E-state index in [-0.39, 0.29) is 16.4 Å². The molecule has 0 fully saturated rings. The molecule has 0 radical (unpaired) electrons. The second-order valence-electron chi connectivity index (χ2n) is 8.27. The molecule has 6 nitrogen and oxygen atoms in total. The first-order chi connectivity index (χ1) is 17.3. The van der Waals surface area contributed by atoms with Crippen molar-refractivity contribution in [2.24, 2.45) is 0 Å². The minimum atomic E-state index is -3.87. The first-order valence-corrected chi connectivity index (χ1v) is 12.5. The number of hydrogen-bond donors (Lipinski definition) is 3. The van der Waals surface area contributed by atoms with Gasteiger partial charge in [-0.1, -0.05) is 42.5 Å². The molecule has 0 aromatic heterocycles. The largest absolute Gasteiger partial charge is 0.508 e. The van der Waals surface area contributed by atoms with E-state index in [0.717, 1.165) is 21.9 Å². The Kier molecular flexibility index (Phi) is 5.80. The topological polar surface area (TPSA) is 110 Å². The number of nitrogens with one attached hydrogen (secondary N) is 1. The quantitative estimate of drug-likeness (QED) is 0.268. The molecule has 0 saturated carbocycles. The molecule has 5 aromatic carbocycles. The Morgan fingerprint density at radius 2 is 1.44 bits per heavy atom. The number of phenolic OH excluding ortho intramolecular Hbond substituents is 2. The molecular formula is C29H20N2O4S. The Labute approximate surface area is 208 Å². The molecule has 0 aliphatic carbocycles. The number of anilines is 1. The summed E-state index contributed by atoms with van der Waals surface area (Å²) in [5.41, 5.74) is 3.71. The Morgan fingerprint density at radius 3 is 2.19 bits per heavy atom. The van der Waals surface area contributed by atoms with Gasteiger partial charge in [-0.3, -0.25) is 4.72 Å². The predicted molar refractivity (Wildman–Crippen MR) is 140 cm³/mol. The van der Waals surface area contributed by atoms with Crippen LogP contribution in [0.25, 0.3) is 33.0 Å². The molecule has 5 aromatic rings. The third-order valence-electron chi connectivity index (χ3n) is 5.87. The second kappa shape index (κ2) is 9.10. The summed E-state index contributed by atoms with van der Waals surface area (Å²) >= 11 is 0. The summed E-state index contributed by atoms with van der Waals surface area (Å²) in [6.07, 6.45) is 0. The molecule has 5 rings (SSSR count). The highest BCUT2D eigenvalue weighted by atomic mass is 32.2. The zero-order chi connectivity index (χ0) is 25.3. The second-order valence-corrected chi connectivity index (χ2v) is 9.95. The Hall–Kier alpha value is -4.80. The fraction of sp³-hybridized carbons (Fsp3) is 0. The summed E-state index contributed by atoms with van der Waals surface area (Å²) in [7, 11) is -3.87. The Morgan fingerprint density at radius 1 is 0.722 bits per heavy atom. The summed E-state index contributed by atoms with van der Waals surface area (Å²) < 4.78 is 28.3. The molecule has 0 aliphatic rings. The third-order valence-corrected chi connectivity index (χ3v) is 7.27. The first kappa shape index (κ1) is 23.0. The highest BCUT2D eigenvalue weighted by molar-refractivity contribution is 7.92. The maximum atomic E-state index is 12.9. The van der Waals surface area contributed by atoms with Crippen LogP contribution in [0.15, 0.2) is 108 Å². The van der Waals surface area contributed by atoms with Gasteiger partial charge in [-0.2, -0.15) is 5.26 Å². The SMILES string of the molecule is N#Cc1ccc(S(=O)(=O)Nc2cccc(-c3c(O)ccc4cc(-c5cccc(O)c5)ccc34)c2)cc1. The number of phenols is 2. The number of nitriles is 1. The molecule has 0 unspecified atom stereocenters. The van der Waals surface area contributed by atoms with Crippen LogP contribution in [0.5, 0.6) is 11.5 Å². The van der Waals surface area contributed by atoms with Crippen LogP contribution in [-0.2, 0) is 10.0 Å². The van der Waals surface area contributed by atoms with Crippen molar-refractivity contribution in [3.05, 3.63) is 109 Å². The van der Waals surface area contributed by atoms with Gasteiger partial charge >= 0.3 is 0 Å². The molecule has 0 aliphatic heterocycles. The van der Waals surface area contributed by atoms with E-state index in [1.807, 2.05) is 36.4 Å². The number of fused-ring (bicyclic) bond motifs is 1. The zero-order valence-electron chi connectivity index (χ0n) is 18.9. The minimum absolute atomic E-state index is 0.0411. The number of aromatic hydroxyl groups is 2. The zero-order valence-corrected chi connectivity index (χ0v) is 19.7. The summed E-state index contributed by atoms with van der Waals surface area (Å²) in [6.45, 7) is 0. The number of benzene rings is 5. The van der Waals surface area contributed by atoms with Gasteiger partial charge in [-0.25, -0.2) is 8.42 Å². The van der Waals surface area contributed by atoms with Crippen molar-refractivity contribution < 1.29 is 18.6 Å². The summed E-state index contributed by atoms with van der Waals surface area (Å²) in [6, 6.07) is 30.6. The van der Waals surface area contributed by atoms with E-state index in [0.29, 0.717) is 22.4 Å². The van der Waals surface area contributed by atoms with E-state index in [1.54, 1.807) is 48.5 Å². The average Bonchev–Trinajstić information content (AvgIpc) is 2.88. The minimum Gasteiger partial charge on any atom is -0.508 e. The van der Waals surface area contributed by atoms with Crippen LogP contribution in [0.2, 0.25) is 0 Å². The average molecular weight is 493 g/mol. The maximum absolute atomic E-state index is 12.9. The van der Waals surface area contributed by atoms with Gasteiger partial charge < -0.3 is 10.2 Å². The van der Waals surface area contributed by atoms with Gasteiger partial charge in [-0.15, -0.1) is 0 Å². The van der Waals surface area contributed by atoms with Crippen LogP contribution in [0.3, 0.4) is 0 Å². The highest BCUT2D eigenvalue weighted by Gasteiger charge is 2.16. The van der Waals surface area contributed by atoms with Crippen LogP contribution in [0.4, 0.5) is 5.69 Å². The fourth-order valence-corrected chi connectivity index (χ4v) is 5.20. The van der Waals surface area contributed by atoms with E-state index in [4.69, 9.17) is 5.26 Å². The van der Waals surface area contributed by atoms with Crippen LogP contribution >= 0.6 is 0 Å². The van der Waals surface area contributed by atoms with E-state index >= 15 is 0 Å². The normalized spacial score (nSPS) is 11.2. The van der Waals surface area contributed by atoms with Gasteiger partial charge in [0.25, 0.3) is 10.0 Å². The van der Waals surface area contributed by atoms with Gasteiger partial charge in [-0.05, 0) is 88.1 Å². The van der Waals surface area contributed by atoms with E-state index in [9.17, 15) is 18.6 Å². The molecule has 0 heterocycles. The molecule has 36 heavy (non-hydrogen) atoms. The van der Waals surface area contributed by atoms with Gasteiger partial charge in [0.1, 0.15) is 11.5 Å². The van der Waals surface area contributed by atoms with Crippen molar-refractivity contribution in [2.45, 2.75) is 4.90 Å². The standard InChI is InChI=1S/C29H20N2O4S/c30-18-19-7-11-26(12-8-19)36(34,35)31-24-5-1-4-23(16-24)29-27-13-9-21(15-22(27)10-14-28(29)33)20-3-2-6-25(32)17-20/h1-17,31-33H. The van der Waals surface area contributed by atoms with Gasteiger partial charge in [0.15, 0.2) is 0 Å². The molecule has 0 atom stereocenters.